The molecule has 0 saturated heterocycles. The van der Waals surface area contributed by atoms with Crippen LogP contribution in [0.3, 0.4) is 0 Å². The third-order valence-electron chi connectivity index (χ3n) is 2.17. The molecule has 0 heterocycles. The maximum atomic E-state index is 12.9. The predicted molar refractivity (Wildman–Crippen MR) is 62.6 cm³/mol. The van der Waals surface area contributed by atoms with Gasteiger partial charge in [0.25, 0.3) is 0 Å². The van der Waals surface area contributed by atoms with Crippen LogP contribution in [-0.4, -0.2) is 6.54 Å². The highest BCUT2D eigenvalue weighted by Crippen LogP contribution is 2.27. The van der Waals surface area contributed by atoms with Gasteiger partial charge < -0.3 is 5.32 Å². The highest BCUT2D eigenvalue weighted by atomic mass is 35.5. The van der Waals surface area contributed by atoms with Gasteiger partial charge in [0.2, 0.25) is 0 Å². The number of hydrogen-bond donors (Lipinski definition) is 1. The highest BCUT2D eigenvalue weighted by molar-refractivity contribution is 6.31. The van der Waals surface area contributed by atoms with Gasteiger partial charge in [0.05, 0.1) is 6.04 Å². The molecular formula is C12H15ClFN. The van der Waals surface area contributed by atoms with Crippen molar-refractivity contribution in [3.63, 3.8) is 0 Å². The molecule has 3 heteroatoms. The highest BCUT2D eigenvalue weighted by Gasteiger charge is 2.14. The van der Waals surface area contributed by atoms with Crippen molar-refractivity contribution in [2.45, 2.75) is 19.9 Å². The fraction of sp³-hybridized carbons (Fsp3) is 0.333. The third kappa shape index (κ3) is 3.05. The summed E-state index contributed by atoms with van der Waals surface area (Å²) in [5.74, 6) is -0.319. The lowest BCUT2D eigenvalue weighted by Gasteiger charge is -2.19. The lowest BCUT2D eigenvalue weighted by atomic mass is 10.0. The largest absolute Gasteiger partial charge is 0.307 e. The molecule has 0 radical (unpaired) electrons. The minimum absolute atomic E-state index is 0.0110. The van der Waals surface area contributed by atoms with E-state index in [2.05, 4.69) is 11.9 Å². The molecule has 0 bridgehead atoms. The minimum Gasteiger partial charge on any atom is -0.307 e. The summed E-state index contributed by atoms with van der Waals surface area (Å²) >= 11 is 5.98. The van der Waals surface area contributed by atoms with Gasteiger partial charge >= 0.3 is 0 Å². The number of likely N-dealkylation sites (N-methyl/N-ethyl adjacent to an activating group) is 1. The van der Waals surface area contributed by atoms with Crippen LogP contribution in [0.15, 0.2) is 30.4 Å². The normalized spacial score (nSPS) is 12.5. The van der Waals surface area contributed by atoms with Crippen LogP contribution in [0.25, 0.3) is 0 Å². The predicted octanol–water partition coefficient (Wildman–Crippen LogP) is 3.71. The Kier molecular flexibility index (Phi) is 4.30. The topological polar surface area (TPSA) is 12.0 Å². The lowest BCUT2D eigenvalue weighted by molar-refractivity contribution is 0.609. The molecule has 1 rings (SSSR count). The van der Waals surface area contributed by atoms with Crippen molar-refractivity contribution in [1.29, 1.82) is 0 Å². The fourth-order valence-electron chi connectivity index (χ4n) is 1.49. The van der Waals surface area contributed by atoms with Gasteiger partial charge in [-0.2, -0.15) is 0 Å². The lowest BCUT2D eigenvalue weighted by Crippen LogP contribution is -2.21. The second-order valence-electron chi connectivity index (χ2n) is 3.50. The quantitative estimate of drug-likeness (QED) is 0.774. The number of benzene rings is 1. The molecule has 0 spiro atoms. The van der Waals surface area contributed by atoms with Crippen molar-refractivity contribution in [1.82, 2.24) is 5.32 Å². The Morgan fingerprint density at radius 3 is 2.73 bits per heavy atom. The van der Waals surface area contributed by atoms with E-state index < -0.39 is 0 Å². The van der Waals surface area contributed by atoms with E-state index in [1.807, 2.05) is 13.8 Å². The van der Waals surface area contributed by atoms with Crippen LogP contribution in [-0.2, 0) is 0 Å². The molecule has 1 unspecified atom stereocenters. The first-order chi connectivity index (χ1) is 7.06. The molecule has 82 valence electrons. The van der Waals surface area contributed by atoms with Crippen LogP contribution in [0.2, 0.25) is 5.02 Å². The van der Waals surface area contributed by atoms with Gasteiger partial charge in [-0.05, 0) is 31.2 Å². The average molecular weight is 228 g/mol. The van der Waals surface area contributed by atoms with Gasteiger partial charge in [-0.3, -0.25) is 0 Å². The summed E-state index contributed by atoms with van der Waals surface area (Å²) in [6.07, 6.45) is 0. The molecular weight excluding hydrogens is 213 g/mol. The molecule has 0 aliphatic heterocycles. The van der Waals surface area contributed by atoms with E-state index in [0.29, 0.717) is 5.02 Å². The van der Waals surface area contributed by atoms with Crippen molar-refractivity contribution in [3.05, 3.63) is 46.8 Å². The summed E-state index contributed by atoms with van der Waals surface area (Å²) in [6, 6.07) is 4.42. The Morgan fingerprint density at radius 2 is 2.27 bits per heavy atom. The van der Waals surface area contributed by atoms with E-state index in [9.17, 15) is 4.39 Å². The van der Waals surface area contributed by atoms with Crippen LogP contribution in [0.4, 0.5) is 4.39 Å². The molecule has 0 amide bonds. The summed E-state index contributed by atoms with van der Waals surface area (Å²) in [6.45, 7) is 8.64. The van der Waals surface area contributed by atoms with E-state index in [1.165, 1.54) is 12.1 Å². The molecule has 0 aliphatic rings. The second-order valence-corrected chi connectivity index (χ2v) is 3.91. The van der Waals surface area contributed by atoms with Gasteiger partial charge in [-0.1, -0.05) is 36.7 Å². The van der Waals surface area contributed by atoms with Gasteiger partial charge in [0, 0.05) is 5.02 Å². The molecule has 15 heavy (non-hydrogen) atoms. The molecule has 1 atom stereocenters. The van der Waals surface area contributed by atoms with Gasteiger partial charge in [-0.15, -0.1) is 0 Å². The standard InChI is InChI=1S/C12H15ClFN/c1-4-15-12(8(2)3)10-6-5-9(14)7-11(10)13/h5-7,12,15H,2,4H2,1,3H3. The second kappa shape index (κ2) is 5.29. The Balaban J connectivity index is 3.05. The van der Waals surface area contributed by atoms with E-state index in [-0.39, 0.29) is 11.9 Å². The monoisotopic (exact) mass is 227 g/mol. The summed E-state index contributed by atoms with van der Waals surface area (Å²) in [5.41, 5.74) is 1.83. The SMILES string of the molecule is C=C(C)C(NCC)c1ccc(F)cc1Cl. The molecule has 1 nitrogen and oxygen atoms in total. The molecule has 0 fully saturated rings. The van der Waals surface area contributed by atoms with Gasteiger partial charge in [0.15, 0.2) is 0 Å². The van der Waals surface area contributed by atoms with Crippen LogP contribution in [0.1, 0.15) is 25.5 Å². The Bertz CT molecular complexity index is 363. The Hall–Kier alpha value is -0.860. The van der Waals surface area contributed by atoms with Crippen molar-refractivity contribution < 1.29 is 4.39 Å². The number of halogens is 2. The van der Waals surface area contributed by atoms with Crippen LogP contribution in [0, 0.1) is 5.82 Å². The summed E-state index contributed by atoms with van der Waals surface area (Å²) < 4.78 is 12.9. The molecule has 0 aromatic heterocycles. The van der Waals surface area contributed by atoms with E-state index >= 15 is 0 Å². The first kappa shape index (κ1) is 12.2. The zero-order valence-electron chi connectivity index (χ0n) is 8.98. The van der Waals surface area contributed by atoms with E-state index in [0.717, 1.165) is 17.7 Å². The van der Waals surface area contributed by atoms with Crippen LogP contribution < -0.4 is 5.32 Å². The number of nitrogens with one attached hydrogen (secondary N) is 1. The number of rotatable bonds is 4. The molecule has 0 saturated carbocycles. The first-order valence-corrected chi connectivity index (χ1v) is 5.27. The zero-order valence-corrected chi connectivity index (χ0v) is 9.74. The maximum Gasteiger partial charge on any atom is 0.124 e. The maximum absolute atomic E-state index is 12.9. The first-order valence-electron chi connectivity index (χ1n) is 4.90. The third-order valence-corrected chi connectivity index (χ3v) is 2.50. The molecule has 1 aromatic carbocycles. The van der Waals surface area contributed by atoms with Crippen molar-refractivity contribution in [2.24, 2.45) is 0 Å². The van der Waals surface area contributed by atoms with Crippen molar-refractivity contribution in [2.75, 3.05) is 6.54 Å². The summed E-state index contributed by atoms with van der Waals surface area (Å²) in [5, 5.41) is 3.69. The van der Waals surface area contributed by atoms with Crippen LogP contribution in [0.5, 0.6) is 0 Å². The Morgan fingerprint density at radius 1 is 1.60 bits per heavy atom. The fourth-order valence-corrected chi connectivity index (χ4v) is 1.77. The minimum atomic E-state index is -0.319. The molecule has 1 aromatic rings. The average Bonchev–Trinajstić information content (AvgIpc) is 2.15. The summed E-state index contributed by atoms with van der Waals surface area (Å²) in [7, 11) is 0. The smallest absolute Gasteiger partial charge is 0.124 e. The van der Waals surface area contributed by atoms with Gasteiger partial charge in [0.1, 0.15) is 5.82 Å². The van der Waals surface area contributed by atoms with Crippen molar-refractivity contribution >= 4 is 11.6 Å². The zero-order chi connectivity index (χ0) is 11.4. The van der Waals surface area contributed by atoms with E-state index in [1.54, 1.807) is 6.07 Å². The molecule has 0 aliphatic carbocycles. The number of hydrogen-bond acceptors (Lipinski definition) is 1. The van der Waals surface area contributed by atoms with E-state index in [4.69, 9.17) is 11.6 Å². The van der Waals surface area contributed by atoms with Gasteiger partial charge in [-0.25, -0.2) is 4.39 Å². The Labute approximate surface area is 95.0 Å². The van der Waals surface area contributed by atoms with Crippen LogP contribution >= 0.6 is 11.6 Å². The van der Waals surface area contributed by atoms with Crippen molar-refractivity contribution in [3.8, 4) is 0 Å². The summed E-state index contributed by atoms with van der Waals surface area (Å²) in [4.78, 5) is 0. The molecule has 1 N–H and O–H groups in total.